The van der Waals surface area contributed by atoms with Crippen molar-refractivity contribution in [1.29, 1.82) is 0 Å². The number of ether oxygens (including phenoxy) is 1. The molecule has 0 fully saturated rings. The van der Waals surface area contributed by atoms with E-state index in [-0.39, 0.29) is 11.3 Å². The van der Waals surface area contributed by atoms with Crippen molar-refractivity contribution in [3.63, 3.8) is 0 Å². The first-order chi connectivity index (χ1) is 11.0. The summed E-state index contributed by atoms with van der Waals surface area (Å²) in [5.74, 6) is -2.18. The molecule has 130 valence electrons. The normalized spacial score (nSPS) is 10.7. The Bertz CT molecular complexity index is 511. The molecule has 1 aromatic carbocycles. The van der Waals surface area contributed by atoms with E-state index in [4.69, 9.17) is 4.74 Å². The lowest BCUT2D eigenvalue weighted by atomic mass is 10.00. The van der Waals surface area contributed by atoms with Crippen LogP contribution in [0.4, 0.5) is 0 Å². The summed E-state index contributed by atoms with van der Waals surface area (Å²) in [5.41, 5.74) is 0.276. The third kappa shape index (κ3) is 5.66. The topological polar surface area (TPSA) is 87.0 Å². The Balaban J connectivity index is 2.75. The molecule has 5 nitrogen and oxygen atoms in total. The number of rotatable bonds is 11. The molecular weight excluding hydrogens is 296 g/mol. The highest BCUT2D eigenvalue weighted by Gasteiger charge is 2.23. The van der Waals surface area contributed by atoms with Gasteiger partial charge in [-0.2, -0.15) is 0 Å². The van der Waals surface area contributed by atoms with Gasteiger partial charge in [0.1, 0.15) is 11.3 Å². The van der Waals surface area contributed by atoms with Crippen LogP contribution >= 0.6 is 0 Å². The third-order valence-electron chi connectivity index (χ3n) is 3.86. The number of carboxylic acid groups (broad SMARTS) is 1. The summed E-state index contributed by atoms with van der Waals surface area (Å²) in [4.78, 5) is 11.3. The van der Waals surface area contributed by atoms with Gasteiger partial charge in [-0.1, -0.05) is 45.4 Å². The summed E-state index contributed by atoms with van der Waals surface area (Å²) in [6.45, 7) is 4.24. The standard InChI is InChI=1S/C18H28O5/c1-3-5-6-7-8-9-10-11-13-12-14(19)16(20)15(18(21)22)17(13)23-4-2/h12,19-20H,3-11H2,1-2H3,(H,21,22). The molecule has 0 radical (unpaired) electrons. The Morgan fingerprint density at radius 1 is 1.04 bits per heavy atom. The van der Waals surface area contributed by atoms with Gasteiger partial charge >= 0.3 is 5.97 Å². The van der Waals surface area contributed by atoms with Gasteiger partial charge in [-0.15, -0.1) is 0 Å². The summed E-state index contributed by atoms with van der Waals surface area (Å²) in [6.07, 6.45) is 8.69. The fraction of sp³-hybridized carbons (Fsp3) is 0.611. The summed E-state index contributed by atoms with van der Waals surface area (Å²) in [5, 5.41) is 28.8. The lowest BCUT2D eigenvalue weighted by Crippen LogP contribution is -2.07. The molecule has 0 amide bonds. The fourth-order valence-electron chi connectivity index (χ4n) is 2.66. The summed E-state index contributed by atoms with van der Waals surface area (Å²) in [6, 6.07) is 1.41. The average molecular weight is 324 g/mol. The number of aryl methyl sites for hydroxylation is 1. The number of phenols is 2. The highest BCUT2D eigenvalue weighted by Crippen LogP contribution is 2.39. The van der Waals surface area contributed by atoms with Crippen LogP contribution in [0.25, 0.3) is 0 Å². The number of aromatic hydroxyl groups is 2. The maximum Gasteiger partial charge on any atom is 0.343 e. The van der Waals surface area contributed by atoms with Gasteiger partial charge in [-0.25, -0.2) is 4.79 Å². The molecule has 0 atom stereocenters. The van der Waals surface area contributed by atoms with Crippen LogP contribution in [0.3, 0.4) is 0 Å². The van der Waals surface area contributed by atoms with Gasteiger partial charge in [-0.3, -0.25) is 0 Å². The van der Waals surface area contributed by atoms with Crippen molar-refractivity contribution in [2.75, 3.05) is 6.61 Å². The van der Waals surface area contributed by atoms with Crippen LogP contribution in [0.15, 0.2) is 6.07 Å². The fourth-order valence-corrected chi connectivity index (χ4v) is 2.66. The zero-order valence-electron chi connectivity index (χ0n) is 14.1. The molecule has 1 aromatic rings. The van der Waals surface area contributed by atoms with Crippen molar-refractivity contribution in [2.24, 2.45) is 0 Å². The Morgan fingerprint density at radius 2 is 1.65 bits per heavy atom. The van der Waals surface area contributed by atoms with E-state index in [1.165, 1.54) is 31.7 Å². The molecule has 0 saturated heterocycles. The number of phenolic OH excluding ortho intramolecular Hbond substituents is 1. The van der Waals surface area contributed by atoms with Gasteiger partial charge in [-0.05, 0) is 31.4 Å². The predicted octanol–water partition coefficient (Wildman–Crippen LogP) is 4.49. The molecule has 0 saturated carbocycles. The number of hydrogen-bond acceptors (Lipinski definition) is 4. The van der Waals surface area contributed by atoms with Crippen molar-refractivity contribution in [3.05, 3.63) is 17.2 Å². The highest BCUT2D eigenvalue weighted by atomic mass is 16.5. The summed E-state index contributed by atoms with van der Waals surface area (Å²) < 4.78 is 5.42. The zero-order valence-corrected chi connectivity index (χ0v) is 14.1. The first kappa shape index (κ1) is 19.1. The summed E-state index contributed by atoms with van der Waals surface area (Å²) in [7, 11) is 0. The molecule has 0 aromatic heterocycles. The monoisotopic (exact) mass is 324 g/mol. The molecule has 0 unspecified atom stereocenters. The van der Waals surface area contributed by atoms with Gasteiger partial charge in [0.25, 0.3) is 0 Å². The lowest BCUT2D eigenvalue weighted by molar-refractivity contribution is 0.0688. The van der Waals surface area contributed by atoms with Gasteiger partial charge in [0.15, 0.2) is 11.5 Å². The molecule has 5 heteroatoms. The van der Waals surface area contributed by atoms with Crippen LogP contribution in [0.2, 0.25) is 0 Å². The van der Waals surface area contributed by atoms with Crippen LogP contribution in [0.5, 0.6) is 17.2 Å². The van der Waals surface area contributed by atoms with Crippen LogP contribution in [0.1, 0.15) is 74.7 Å². The molecule has 0 heterocycles. The first-order valence-corrected chi connectivity index (χ1v) is 8.46. The van der Waals surface area contributed by atoms with Crippen LogP contribution in [-0.4, -0.2) is 27.9 Å². The molecule has 23 heavy (non-hydrogen) atoms. The van der Waals surface area contributed by atoms with E-state index < -0.39 is 17.5 Å². The van der Waals surface area contributed by atoms with Crippen molar-refractivity contribution in [3.8, 4) is 17.2 Å². The number of carboxylic acids is 1. The molecule has 0 aliphatic carbocycles. The van der Waals surface area contributed by atoms with E-state index in [1.54, 1.807) is 6.92 Å². The number of carbonyl (C=O) groups is 1. The molecular formula is C18H28O5. The molecule has 0 aliphatic heterocycles. The van der Waals surface area contributed by atoms with Crippen molar-refractivity contribution in [1.82, 2.24) is 0 Å². The highest BCUT2D eigenvalue weighted by molar-refractivity contribution is 5.95. The van der Waals surface area contributed by atoms with E-state index in [9.17, 15) is 20.1 Å². The zero-order chi connectivity index (χ0) is 17.2. The molecule has 3 N–H and O–H groups in total. The number of hydrogen-bond donors (Lipinski definition) is 3. The number of benzene rings is 1. The average Bonchev–Trinajstić information content (AvgIpc) is 2.50. The van der Waals surface area contributed by atoms with E-state index in [2.05, 4.69) is 6.92 Å². The second-order valence-electron chi connectivity index (χ2n) is 5.72. The smallest absolute Gasteiger partial charge is 0.343 e. The van der Waals surface area contributed by atoms with Crippen LogP contribution < -0.4 is 4.74 Å². The molecule has 1 rings (SSSR count). The van der Waals surface area contributed by atoms with Crippen molar-refractivity contribution < 1.29 is 24.9 Å². The summed E-state index contributed by atoms with van der Waals surface area (Å²) >= 11 is 0. The van der Waals surface area contributed by atoms with Crippen molar-refractivity contribution in [2.45, 2.75) is 65.2 Å². The van der Waals surface area contributed by atoms with Crippen LogP contribution in [-0.2, 0) is 6.42 Å². The Labute approximate surface area is 137 Å². The van der Waals surface area contributed by atoms with Crippen LogP contribution in [0, 0.1) is 0 Å². The maximum atomic E-state index is 11.3. The van der Waals surface area contributed by atoms with Gasteiger partial charge in [0.2, 0.25) is 0 Å². The molecule has 0 aliphatic rings. The van der Waals surface area contributed by atoms with E-state index in [0.717, 1.165) is 19.3 Å². The largest absolute Gasteiger partial charge is 0.504 e. The SMILES string of the molecule is CCCCCCCCCc1cc(O)c(O)c(C(=O)O)c1OCC. The Kier molecular flexibility index (Phi) is 8.30. The minimum atomic E-state index is -1.30. The Morgan fingerprint density at radius 3 is 2.22 bits per heavy atom. The van der Waals surface area contributed by atoms with Gasteiger partial charge in [0, 0.05) is 0 Å². The quantitative estimate of drug-likeness (QED) is 0.412. The number of aromatic carboxylic acids is 1. The molecule has 0 spiro atoms. The maximum absolute atomic E-state index is 11.3. The predicted molar refractivity (Wildman–Crippen MR) is 89.6 cm³/mol. The second-order valence-corrected chi connectivity index (χ2v) is 5.72. The Hall–Kier alpha value is -1.91. The van der Waals surface area contributed by atoms with E-state index in [0.29, 0.717) is 18.6 Å². The molecule has 0 bridgehead atoms. The van der Waals surface area contributed by atoms with E-state index in [1.807, 2.05) is 0 Å². The first-order valence-electron chi connectivity index (χ1n) is 8.46. The second kappa shape index (κ2) is 9.98. The minimum Gasteiger partial charge on any atom is -0.504 e. The van der Waals surface area contributed by atoms with Gasteiger partial charge < -0.3 is 20.1 Å². The minimum absolute atomic E-state index is 0.168. The number of unbranched alkanes of at least 4 members (excludes halogenated alkanes) is 6. The lowest BCUT2D eigenvalue weighted by Gasteiger charge is -2.15. The van der Waals surface area contributed by atoms with Crippen molar-refractivity contribution >= 4 is 5.97 Å². The van der Waals surface area contributed by atoms with E-state index >= 15 is 0 Å². The third-order valence-corrected chi connectivity index (χ3v) is 3.86. The van der Waals surface area contributed by atoms with Gasteiger partial charge in [0.05, 0.1) is 6.61 Å².